The molecule has 2 heterocycles. The van der Waals surface area contributed by atoms with Gasteiger partial charge in [0.1, 0.15) is 4.21 Å². The smallest absolute Gasteiger partial charge is 0.252 e. The quantitative estimate of drug-likeness (QED) is 0.826. The second kappa shape index (κ2) is 8.09. The molecule has 1 aromatic heterocycles. The molecule has 8 heteroatoms. The minimum atomic E-state index is -3.49. The first-order valence-electron chi connectivity index (χ1n) is 8.03. The second-order valence-electron chi connectivity index (χ2n) is 5.68. The van der Waals surface area contributed by atoms with Gasteiger partial charge >= 0.3 is 0 Å². The Morgan fingerprint density at radius 3 is 2.56 bits per heavy atom. The number of thiophene rings is 1. The van der Waals surface area contributed by atoms with Crippen molar-refractivity contribution < 1.29 is 17.9 Å². The van der Waals surface area contributed by atoms with Gasteiger partial charge in [0.15, 0.2) is 0 Å². The van der Waals surface area contributed by atoms with Crippen LogP contribution in [0, 0.1) is 0 Å². The predicted octanol–water partition coefficient (Wildman–Crippen LogP) is 1.63. The average Bonchev–Trinajstić information content (AvgIpc) is 3.11. The van der Waals surface area contributed by atoms with E-state index in [0.717, 1.165) is 21.8 Å². The van der Waals surface area contributed by atoms with Gasteiger partial charge in [-0.15, -0.1) is 11.3 Å². The van der Waals surface area contributed by atoms with Crippen LogP contribution in [0.5, 0.6) is 0 Å². The molecule has 2 aromatic rings. The Balaban J connectivity index is 1.58. The molecule has 1 aliphatic heterocycles. The molecule has 6 nitrogen and oxygen atoms in total. The zero-order valence-corrected chi connectivity index (χ0v) is 15.3. The molecule has 1 aromatic carbocycles. The lowest BCUT2D eigenvalue weighted by Gasteiger charge is -2.25. The Bertz CT molecular complexity index is 812. The van der Waals surface area contributed by atoms with Gasteiger partial charge in [-0.25, -0.2) is 8.42 Å². The van der Waals surface area contributed by atoms with Crippen LogP contribution in [0.2, 0.25) is 0 Å². The maximum atomic E-state index is 12.6. The van der Waals surface area contributed by atoms with Gasteiger partial charge in [0.25, 0.3) is 10.0 Å². The third kappa shape index (κ3) is 4.66. The summed E-state index contributed by atoms with van der Waals surface area (Å²) in [4.78, 5) is 12.8. The van der Waals surface area contributed by atoms with Crippen LogP contribution in [0.1, 0.15) is 10.4 Å². The van der Waals surface area contributed by atoms with Gasteiger partial charge in [-0.05, 0) is 17.7 Å². The van der Waals surface area contributed by atoms with Crippen molar-refractivity contribution in [3.63, 3.8) is 0 Å². The summed E-state index contributed by atoms with van der Waals surface area (Å²) in [7, 11) is -3.49. The molecule has 1 saturated heterocycles. The van der Waals surface area contributed by atoms with E-state index in [4.69, 9.17) is 4.74 Å². The first-order valence-corrected chi connectivity index (χ1v) is 10.3. The molecule has 25 heavy (non-hydrogen) atoms. The number of benzene rings is 1. The molecule has 0 radical (unpaired) electrons. The summed E-state index contributed by atoms with van der Waals surface area (Å²) < 4.78 is 32.1. The average molecular weight is 380 g/mol. The molecule has 134 valence electrons. The lowest BCUT2D eigenvalue weighted by molar-refractivity contribution is -0.120. The molecule has 1 aliphatic rings. The summed E-state index contributed by atoms with van der Waals surface area (Å²) in [6, 6.07) is 12.9. The highest BCUT2D eigenvalue weighted by molar-refractivity contribution is 7.91. The predicted molar refractivity (Wildman–Crippen MR) is 95.9 cm³/mol. The molecule has 0 saturated carbocycles. The molecule has 1 N–H and O–H groups in total. The zero-order chi connectivity index (χ0) is 17.7. The number of sulfonamides is 1. The molecular formula is C17H20N2O4S2. The van der Waals surface area contributed by atoms with E-state index in [-0.39, 0.29) is 16.5 Å². The Morgan fingerprint density at radius 1 is 1.12 bits per heavy atom. The van der Waals surface area contributed by atoms with Gasteiger partial charge in [0, 0.05) is 24.5 Å². The molecule has 0 atom stereocenters. The fourth-order valence-corrected chi connectivity index (χ4v) is 5.44. The van der Waals surface area contributed by atoms with Crippen molar-refractivity contribution in [3.05, 3.63) is 52.9 Å². The number of ether oxygens (including phenoxy) is 1. The van der Waals surface area contributed by atoms with Gasteiger partial charge < -0.3 is 10.1 Å². The summed E-state index contributed by atoms with van der Waals surface area (Å²) in [6.07, 6.45) is 0.177. The third-order valence-corrected chi connectivity index (χ3v) is 7.32. The first-order chi connectivity index (χ1) is 12.1. The SMILES string of the molecule is O=C(Cc1ccc(S(=O)(=O)N2CCOCC2)s1)NCc1ccccc1. The normalized spacial score (nSPS) is 15.8. The van der Waals surface area contributed by atoms with Crippen molar-refractivity contribution in [2.45, 2.75) is 17.2 Å². The van der Waals surface area contributed by atoms with Gasteiger partial charge in [0.2, 0.25) is 5.91 Å². The Morgan fingerprint density at radius 2 is 1.84 bits per heavy atom. The maximum absolute atomic E-state index is 12.6. The molecule has 0 bridgehead atoms. The van der Waals surface area contributed by atoms with E-state index in [1.807, 2.05) is 30.3 Å². The largest absolute Gasteiger partial charge is 0.379 e. The first kappa shape index (κ1) is 18.1. The van der Waals surface area contributed by atoms with Crippen molar-refractivity contribution in [3.8, 4) is 0 Å². The number of nitrogens with zero attached hydrogens (tertiary/aromatic N) is 1. The van der Waals surface area contributed by atoms with E-state index in [2.05, 4.69) is 5.32 Å². The Kier molecular flexibility index (Phi) is 5.85. The molecule has 1 fully saturated rings. The monoisotopic (exact) mass is 380 g/mol. The molecule has 0 aliphatic carbocycles. The number of morpholine rings is 1. The number of carbonyl (C=O) groups excluding carboxylic acids is 1. The van der Waals surface area contributed by atoms with E-state index in [9.17, 15) is 13.2 Å². The highest BCUT2D eigenvalue weighted by atomic mass is 32.2. The Hall–Kier alpha value is -1.74. The zero-order valence-electron chi connectivity index (χ0n) is 13.7. The molecule has 0 unspecified atom stereocenters. The highest BCUT2D eigenvalue weighted by Gasteiger charge is 2.27. The fourth-order valence-electron chi connectivity index (χ4n) is 2.52. The maximum Gasteiger partial charge on any atom is 0.252 e. The highest BCUT2D eigenvalue weighted by Crippen LogP contribution is 2.25. The summed E-state index contributed by atoms with van der Waals surface area (Å²) in [6.45, 7) is 2.03. The molecule has 1 amide bonds. The third-order valence-electron chi connectivity index (χ3n) is 3.87. The van der Waals surface area contributed by atoms with Crippen LogP contribution >= 0.6 is 11.3 Å². The Labute approximate surface area is 151 Å². The van der Waals surface area contributed by atoms with E-state index in [1.165, 1.54) is 4.31 Å². The second-order valence-corrected chi connectivity index (χ2v) is 9.01. The summed E-state index contributed by atoms with van der Waals surface area (Å²) in [5.41, 5.74) is 1.03. The van der Waals surface area contributed by atoms with Crippen LogP contribution in [0.15, 0.2) is 46.7 Å². The summed E-state index contributed by atoms with van der Waals surface area (Å²) in [5, 5.41) is 2.85. The van der Waals surface area contributed by atoms with Gasteiger partial charge in [0.05, 0.1) is 19.6 Å². The number of hydrogen-bond donors (Lipinski definition) is 1. The number of rotatable bonds is 6. The van der Waals surface area contributed by atoms with Crippen LogP contribution < -0.4 is 5.32 Å². The number of nitrogens with one attached hydrogen (secondary N) is 1. The lowest BCUT2D eigenvalue weighted by Crippen LogP contribution is -2.40. The van der Waals surface area contributed by atoms with Crippen LogP contribution in [0.3, 0.4) is 0 Å². The van der Waals surface area contributed by atoms with E-state index in [1.54, 1.807) is 12.1 Å². The van der Waals surface area contributed by atoms with Crippen LogP contribution in [-0.2, 0) is 32.5 Å². The van der Waals surface area contributed by atoms with Crippen molar-refractivity contribution in [2.24, 2.45) is 0 Å². The fraction of sp³-hybridized carbons (Fsp3) is 0.353. The van der Waals surface area contributed by atoms with Crippen molar-refractivity contribution in [1.82, 2.24) is 9.62 Å². The number of carbonyl (C=O) groups is 1. The minimum absolute atomic E-state index is 0.124. The van der Waals surface area contributed by atoms with Gasteiger partial charge in [-0.2, -0.15) is 4.31 Å². The van der Waals surface area contributed by atoms with Crippen molar-refractivity contribution in [1.29, 1.82) is 0 Å². The van der Waals surface area contributed by atoms with Crippen molar-refractivity contribution in [2.75, 3.05) is 26.3 Å². The lowest BCUT2D eigenvalue weighted by atomic mass is 10.2. The van der Waals surface area contributed by atoms with Crippen LogP contribution in [-0.4, -0.2) is 44.9 Å². The number of hydrogen-bond acceptors (Lipinski definition) is 5. The molecule has 0 spiro atoms. The topological polar surface area (TPSA) is 75.7 Å². The van der Waals surface area contributed by atoms with Crippen LogP contribution in [0.25, 0.3) is 0 Å². The number of amides is 1. The summed E-state index contributed by atoms with van der Waals surface area (Å²) >= 11 is 1.15. The summed E-state index contributed by atoms with van der Waals surface area (Å²) in [5.74, 6) is -0.124. The van der Waals surface area contributed by atoms with E-state index in [0.29, 0.717) is 32.8 Å². The molecular weight excluding hydrogens is 360 g/mol. The molecule has 3 rings (SSSR count). The minimum Gasteiger partial charge on any atom is -0.379 e. The van der Waals surface area contributed by atoms with Crippen molar-refractivity contribution >= 4 is 27.3 Å². The standard InChI is InChI=1S/C17H20N2O4S2/c20-16(18-13-14-4-2-1-3-5-14)12-15-6-7-17(24-15)25(21,22)19-8-10-23-11-9-19/h1-7H,8-13H2,(H,18,20). The van der Waals surface area contributed by atoms with E-state index < -0.39 is 10.0 Å². The van der Waals surface area contributed by atoms with Gasteiger partial charge in [-0.1, -0.05) is 30.3 Å². The van der Waals surface area contributed by atoms with Gasteiger partial charge in [-0.3, -0.25) is 4.79 Å². The van der Waals surface area contributed by atoms with E-state index >= 15 is 0 Å². The van der Waals surface area contributed by atoms with Crippen LogP contribution in [0.4, 0.5) is 0 Å².